The Kier molecular flexibility index (Phi) is 16.9. The molecular formula is C25H44N4S. The number of nitrogens with one attached hydrogen (secondary N) is 3. The van der Waals surface area contributed by atoms with Gasteiger partial charge in [-0.3, -0.25) is 0 Å². The van der Waals surface area contributed by atoms with Crippen molar-refractivity contribution in [3.05, 3.63) is 72.3 Å². The molecule has 0 aliphatic heterocycles. The molecule has 0 radical (unpaired) electrons. The zero-order chi connectivity index (χ0) is 22.8. The first-order valence-corrected chi connectivity index (χ1v) is 11.9. The fraction of sp³-hybridized carbons (Fsp3) is 0.520. The van der Waals surface area contributed by atoms with Crippen molar-refractivity contribution in [1.29, 1.82) is 0 Å². The molecule has 0 saturated carbocycles. The molecular weight excluding hydrogens is 388 g/mol. The molecule has 0 saturated heterocycles. The molecule has 0 aromatic carbocycles. The zero-order valence-electron chi connectivity index (χ0n) is 19.7. The van der Waals surface area contributed by atoms with Crippen LogP contribution in [0.3, 0.4) is 0 Å². The topological polar surface area (TPSA) is 62.1 Å². The van der Waals surface area contributed by atoms with E-state index < -0.39 is 0 Å². The number of hydrogen-bond donors (Lipinski definition) is 4. The molecule has 0 aromatic heterocycles. The van der Waals surface area contributed by atoms with Gasteiger partial charge in [-0.25, -0.2) is 5.43 Å². The lowest BCUT2D eigenvalue weighted by atomic mass is 10.1. The van der Waals surface area contributed by atoms with Gasteiger partial charge in [-0.1, -0.05) is 48.6 Å². The molecule has 0 rings (SSSR count). The second-order valence-electron chi connectivity index (χ2n) is 7.80. The van der Waals surface area contributed by atoms with Gasteiger partial charge in [-0.05, 0) is 59.3 Å². The summed E-state index contributed by atoms with van der Waals surface area (Å²) in [5, 5.41) is 3.42. The Balaban J connectivity index is 4.35. The molecule has 1 unspecified atom stereocenters. The van der Waals surface area contributed by atoms with E-state index in [1.807, 2.05) is 24.9 Å². The van der Waals surface area contributed by atoms with E-state index in [9.17, 15) is 0 Å². The Hall–Kier alpha value is -1.85. The third-order valence-electron chi connectivity index (χ3n) is 4.45. The fourth-order valence-corrected chi connectivity index (χ4v) is 3.64. The van der Waals surface area contributed by atoms with Gasteiger partial charge in [0.2, 0.25) is 0 Å². The van der Waals surface area contributed by atoms with Gasteiger partial charge in [0.15, 0.2) is 0 Å². The summed E-state index contributed by atoms with van der Waals surface area (Å²) >= 11 is 1.88. The summed E-state index contributed by atoms with van der Waals surface area (Å²) in [7, 11) is 1.90. The largest absolute Gasteiger partial charge is 0.403 e. The van der Waals surface area contributed by atoms with E-state index in [2.05, 4.69) is 74.9 Å². The minimum atomic E-state index is 0.203. The highest BCUT2D eigenvalue weighted by molar-refractivity contribution is 7.99. The van der Waals surface area contributed by atoms with Crippen LogP contribution in [-0.4, -0.2) is 24.6 Å². The Bertz CT molecular complexity index is 613. The van der Waals surface area contributed by atoms with Crippen LogP contribution in [0.25, 0.3) is 0 Å². The molecule has 30 heavy (non-hydrogen) atoms. The third-order valence-corrected chi connectivity index (χ3v) is 5.45. The molecule has 0 amide bonds. The standard InChI is InChI=1S/C25H44N4S/c1-8-24(28-23(6)16-15-22(5)26)19-30-18-17-25(29-27-7)14-10-13-21(4)12-9-11-20(2)3/h8,11,13,17,24,27-29H,1,5-6,9-10,12,14-16,18-19,26H2,2-4,7H3/b21-13+,25-17-. The average molecular weight is 433 g/mol. The molecule has 170 valence electrons. The summed E-state index contributed by atoms with van der Waals surface area (Å²) in [4.78, 5) is 0. The van der Waals surface area contributed by atoms with Crippen LogP contribution in [0.5, 0.6) is 0 Å². The Morgan fingerprint density at radius 2 is 1.70 bits per heavy atom. The molecule has 0 heterocycles. The zero-order valence-corrected chi connectivity index (χ0v) is 20.5. The molecule has 5 heteroatoms. The molecule has 0 fully saturated rings. The second kappa shape index (κ2) is 18.0. The number of thioether (sulfide) groups is 1. The lowest BCUT2D eigenvalue weighted by Gasteiger charge is -2.17. The van der Waals surface area contributed by atoms with Crippen molar-refractivity contribution in [3.8, 4) is 0 Å². The SMILES string of the molecule is C=CC(CSC/C=C(/CC/C=C(\C)CCC=C(C)C)NNC)NC(=C)CCC(=C)N. The number of rotatable bonds is 18. The van der Waals surface area contributed by atoms with Gasteiger partial charge in [0.25, 0.3) is 0 Å². The Morgan fingerprint density at radius 1 is 1.00 bits per heavy atom. The van der Waals surface area contributed by atoms with Crippen LogP contribution >= 0.6 is 11.8 Å². The van der Waals surface area contributed by atoms with Gasteiger partial charge in [0.05, 0.1) is 6.04 Å². The smallest absolute Gasteiger partial charge is 0.0529 e. The van der Waals surface area contributed by atoms with Crippen molar-refractivity contribution >= 4 is 11.8 Å². The molecule has 0 bridgehead atoms. The minimum Gasteiger partial charge on any atom is -0.403 e. The van der Waals surface area contributed by atoms with Gasteiger partial charge in [-0.15, -0.1) is 6.58 Å². The first-order chi connectivity index (χ1) is 14.3. The maximum Gasteiger partial charge on any atom is 0.0529 e. The summed E-state index contributed by atoms with van der Waals surface area (Å²) in [6.07, 6.45) is 14.8. The van der Waals surface area contributed by atoms with Crippen LogP contribution < -0.4 is 21.9 Å². The van der Waals surface area contributed by atoms with Crippen LogP contribution in [0.1, 0.15) is 59.3 Å². The Labute approximate surface area is 189 Å². The summed E-state index contributed by atoms with van der Waals surface area (Å²) < 4.78 is 0. The van der Waals surface area contributed by atoms with Gasteiger partial charge in [-0.2, -0.15) is 11.8 Å². The van der Waals surface area contributed by atoms with Crippen molar-refractivity contribution in [3.63, 3.8) is 0 Å². The van der Waals surface area contributed by atoms with E-state index in [1.165, 1.54) is 16.8 Å². The Morgan fingerprint density at radius 3 is 2.30 bits per heavy atom. The van der Waals surface area contributed by atoms with Crippen molar-refractivity contribution in [2.75, 3.05) is 18.6 Å². The first-order valence-electron chi connectivity index (χ1n) is 10.8. The van der Waals surface area contributed by atoms with Crippen LogP contribution in [0.4, 0.5) is 0 Å². The van der Waals surface area contributed by atoms with E-state index in [4.69, 9.17) is 5.73 Å². The summed E-state index contributed by atoms with van der Waals surface area (Å²) in [6, 6.07) is 0.203. The van der Waals surface area contributed by atoms with Crippen molar-refractivity contribution in [2.45, 2.75) is 65.3 Å². The molecule has 0 aliphatic rings. The highest BCUT2D eigenvalue weighted by atomic mass is 32.2. The summed E-state index contributed by atoms with van der Waals surface area (Å²) in [6.45, 7) is 18.3. The van der Waals surface area contributed by atoms with Gasteiger partial charge < -0.3 is 16.5 Å². The predicted molar refractivity (Wildman–Crippen MR) is 138 cm³/mol. The summed E-state index contributed by atoms with van der Waals surface area (Å²) in [5.74, 6) is 1.89. The molecule has 0 aromatic rings. The monoisotopic (exact) mass is 432 g/mol. The molecule has 0 spiro atoms. The van der Waals surface area contributed by atoms with Crippen LogP contribution in [0, 0.1) is 0 Å². The number of hydrazine groups is 1. The summed E-state index contributed by atoms with van der Waals surface area (Å²) in [5.41, 5.74) is 17.7. The van der Waals surface area contributed by atoms with Crippen LogP contribution in [-0.2, 0) is 0 Å². The minimum absolute atomic E-state index is 0.203. The highest BCUT2D eigenvalue weighted by Gasteiger charge is 2.05. The fourth-order valence-electron chi connectivity index (χ4n) is 2.71. The normalized spacial score (nSPS) is 12.8. The van der Waals surface area contributed by atoms with E-state index in [0.29, 0.717) is 5.70 Å². The van der Waals surface area contributed by atoms with E-state index in [-0.39, 0.29) is 6.04 Å². The van der Waals surface area contributed by atoms with E-state index >= 15 is 0 Å². The van der Waals surface area contributed by atoms with Crippen molar-refractivity contribution in [2.24, 2.45) is 5.73 Å². The number of allylic oxidation sites excluding steroid dienone is 7. The predicted octanol–water partition coefficient (Wildman–Crippen LogP) is 5.71. The van der Waals surface area contributed by atoms with E-state index in [1.54, 1.807) is 0 Å². The maximum absolute atomic E-state index is 5.63. The van der Waals surface area contributed by atoms with Gasteiger partial charge >= 0.3 is 0 Å². The second-order valence-corrected chi connectivity index (χ2v) is 8.87. The highest BCUT2D eigenvalue weighted by Crippen LogP contribution is 2.13. The third kappa shape index (κ3) is 17.0. The quantitative estimate of drug-likeness (QED) is 0.127. The first kappa shape index (κ1) is 28.1. The lowest BCUT2D eigenvalue weighted by Crippen LogP contribution is -2.28. The molecule has 1 atom stereocenters. The van der Waals surface area contributed by atoms with Crippen LogP contribution in [0.2, 0.25) is 0 Å². The molecule has 5 N–H and O–H groups in total. The average Bonchev–Trinajstić information content (AvgIpc) is 2.68. The number of hydrogen-bond acceptors (Lipinski definition) is 5. The van der Waals surface area contributed by atoms with Crippen molar-refractivity contribution in [1.82, 2.24) is 16.2 Å². The van der Waals surface area contributed by atoms with Gasteiger partial charge in [0, 0.05) is 35.6 Å². The lowest BCUT2D eigenvalue weighted by molar-refractivity contribution is 0.654. The van der Waals surface area contributed by atoms with Gasteiger partial charge in [0.1, 0.15) is 0 Å². The van der Waals surface area contributed by atoms with Crippen LogP contribution in [0.15, 0.2) is 72.3 Å². The molecule has 0 aliphatic carbocycles. The van der Waals surface area contributed by atoms with Crippen molar-refractivity contribution < 1.29 is 0 Å². The maximum atomic E-state index is 5.63. The van der Waals surface area contributed by atoms with E-state index in [0.717, 1.165) is 55.7 Å². The molecule has 4 nitrogen and oxygen atoms in total. The number of nitrogens with two attached hydrogens (primary N) is 1.